The fourth-order valence-corrected chi connectivity index (χ4v) is 3.91. The minimum absolute atomic E-state index is 0.263. The molecule has 2 unspecified atom stereocenters. The van der Waals surface area contributed by atoms with E-state index in [0.717, 1.165) is 6.54 Å². The van der Waals surface area contributed by atoms with Crippen LogP contribution in [0.5, 0.6) is 0 Å². The van der Waals surface area contributed by atoms with Crippen molar-refractivity contribution in [2.75, 3.05) is 26.7 Å². The minimum atomic E-state index is 0.263. The summed E-state index contributed by atoms with van der Waals surface area (Å²) in [5, 5.41) is 0. The molecule has 18 heavy (non-hydrogen) atoms. The Morgan fingerprint density at radius 2 is 1.83 bits per heavy atom. The third kappa shape index (κ3) is 2.73. The van der Waals surface area contributed by atoms with Crippen molar-refractivity contribution in [2.45, 2.75) is 70.7 Å². The van der Waals surface area contributed by atoms with Gasteiger partial charge in [-0.15, -0.1) is 0 Å². The summed E-state index contributed by atoms with van der Waals surface area (Å²) in [6.45, 7) is 15.3. The van der Waals surface area contributed by atoms with Gasteiger partial charge in [-0.05, 0) is 47.5 Å². The van der Waals surface area contributed by atoms with Crippen molar-refractivity contribution >= 4 is 0 Å². The summed E-state index contributed by atoms with van der Waals surface area (Å²) in [7, 11) is 1.84. The zero-order chi connectivity index (χ0) is 13.6. The highest BCUT2D eigenvalue weighted by Gasteiger charge is 2.46. The van der Waals surface area contributed by atoms with Gasteiger partial charge in [-0.25, -0.2) is 0 Å². The van der Waals surface area contributed by atoms with Crippen LogP contribution >= 0.6 is 0 Å². The Kier molecular flexibility index (Phi) is 3.79. The van der Waals surface area contributed by atoms with Gasteiger partial charge in [-0.2, -0.15) is 0 Å². The smallest absolute Gasteiger partial charge is 0.0710 e. The molecule has 3 heteroatoms. The van der Waals surface area contributed by atoms with Crippen LogP contribution in [0.4, 0.5) is 0 Å². The van der Waals surface area contributed by atoms with Crippen molar-refractivity contribution in [3.05, 3.63) is 0 Å². The molecular weight excluding hydrogens is 224 g/mol. The molecule has 0 N–H and O–H groups in total. The molecule has 0 aromatic carbocycles. The Bertz CT molecular complexity index is 295. The second-order valence-electron chi connectivity index (χ2n) is 7.59. The molecule has 0 radical (unpaired) electrons. The van der Waals surface area contributed by atoms with Crippen molar-refractivity contribution < 1.29 is 4.74 Å². The molecule has 2 atom stereocenters. The maximum atomic E-state index is 5.49. The van der Waals surface area contributed by atoms with E-state index in [1.165, 1.54) is 25.9 Å². The standard InChI is InChI=1S/C15H30N2O/c1-14(2,3)17-10-12(9-15(17,4)5)16-8-7-13(11-16)18-6/h12-13H,7-11H2,1-6H3. The molecule has 2 saturated heterocycles. The summed E-state index contributed by atoms with van der Waals surface area (Å²) in [5.74, 6) is 0. The van der Waals surface area contributed by atoms with E-state index in [4.69, 9.17) is 4.74 Å². The molecule has 0 bridgehead atoms. The normalized spacial score (nSPS) is 34.3. The van der Waals surface area contributed by atoms with Crippen LogP contribution in [0, 0.1) is 0 Å². The Morgan fingerprint density at radius 1 is 1.17 bits per heavy atom. The molecule has 106 valence electrons. The molecule has 2 aliphatic heterocycles. The van der Waals surface area contributed by atoms with Gasteiger partial charge in [0.25, 0.3) is 0 Å². The fourth-order valence-electron chi connectivity index (χ4n) is 3.91. The topological polar surface area (TPSA) is 15.7 Å². The number of ether oxygens (including phenoxy) is 1. The van der Waals surface area contributed by atoms with E-state index in [9.17, 15) is 0 Å². The van der Waals surface area contributed by atoms with Gasteiger partial charge >= 0.3 is 0 Å². The van der Waals surface area contributed by atoms with E-state index in [0.29, 0.717) is 17.7 Å². The van der Waals surface area contributed by atoms with Gasteiger partial charge in [-0.3, -0.25) is 9.80 Å². The zero-order valence-electron chi connectivity index (χ0n) is 13.0. The Labute approximate surface area is 112 Å². The SMILES string of the molecule is COC1CCN(C2CN(C(C)(C)C)C(C)(C)C2)C1. The third-order valence-corrected chi connectivity index (χ3v) is 4.70. The van der Waals surface area contributed by atoms with Gasteiger partial charge < -0.3 is 4.74 Å². The molecule has 0 amide bonds. The Balaban J connectivity index is 2.02. The molecule has 2 heterocycles. The molecule has 0 spiro atoms. The van der Waals surface area contributed by atoms with Crippen LogP contribution in [0.3, 0.4) is 0 Å². The van der Waals surface area contributed by atoms with Crippen LogP contribution in [0.1, 0.15) is 47.5 Å². The molecule has 2 aliphatic rings. The monoisotopic (exact) mass is 254 g/mol. The summed E-state index contributed by atoms with van der Waals surface area (Å²) < 4.78 is 5.49. The van der Waals surface area contributed by atoms with Crippen LogP contribution in [0.25, 0.3) is 0 Å². The molecule has 2 fully saturated rings. The van der Waals surface area contributed by atoms with Crippen LogP contribution in [-0.4, -0.2) is 59.8 Å². The van der Waals surface area contributed by atoms with Crippen molar-refractivity contribution in [2.24, 2.45) is 0 Å². The predicted molar refractivity (Wildman–Crippen MR) is 75.9 cm³/mol. The lowest BCUT2D eigenvalue weighted by Gasteiger charge is -2.42. The van der Waals surface area contributed by atoms with E-state index in [-0.39, 0.29) is 5.54 Å². The van der Waals surface area contributed by atoms with Crippen molar-refractivity contribution in [1.29, 1.82) is 0 Å². The van der Waals surface area contributed by atoms with Crippen LogP contribution in [0.2, 0.25) is 0 Å². The first-order valence-electron chi connectivity index (χ1n) is 7.28. The van der Waals surface area contributed by atoms with Gasteiger partial charge in [0, 0.05) is 43.9 Å². The second kappa shape index (κ2) is 4.77. The molecular formula is C15H30N2O. The van der Waals surface area contributed by atoms with Crippen molar-refractivity contribution in [3.63, 3.8) is 0 Å². The van der Waals surface area contributed by atoms with Gasteiger partial charge in [-0.1, -0.05) is 0 Å². The number of hydrogen-bond acceptors (Lipinski definition) is 3. The highest BCUT2D eigenvalue weighted by Crippen LogP contribution is 2.37. The lowest BCUT2D eigenvalue weighted by atomic mass is 9.95. The average molecular weight is 254 g/mol. The number of rotatable bonds is 2. The van der Waals surface area contributed by atoms with E-state index in [2.05, 4.69) is 44.4 Å². The minimum Gasteiger partial charge on any atom is -0.380 e. The quantitative estimate of drug-likeness (QED) is 0.752. The third-order valence-electron chi connectivity index (χ3n) is 4.70. The number of methoxy groups -OCH3 is 1. The van der Waals surface area contributed by atoms with Crippen molar-refractivity contribution in [1.82, 2.24) is 9.80 Å². The van der Waals surface area contributed by atoms with E-state index >= 15 is 0 Å². The maximum absolute atomic E-state index is 5.49. The molecule has 2 rings (SSSR count). The number of likely N-dealkylation sites (tertiary alicyclic amines) is 2. The number of nitrogens with zero attached hydrogens (tertiary/aromatic N) is 2. The summed E-state index contributed by atoms with van der Waals surface area (Å²) in [6.07, 6.45) is 2.93. The predicted octanol–water partition coefficient (Wildman–Crippen LogP) is 2.36. The molecule has 0 aromatic heterocycles. The second-order valence-corrected chi connectivity index (χ2v) is 7.59. The summed E-state index contributed by atoms with van der Waals surface area (Å²) in [6, 6.07) is 0.708. The van der Waals surface area contributed by atoms with E-state index in [1.54, 1.807) is 0 Å². The van der Waals surface area contributed by atoms with Gasteiger partial charge in [0.05, 0.1) is 6.10 Å². The van der Waals surface area contributed by atoms with E-state index < -0.39 is 0 Å². The Hall–Kier alpha value is -0.120. The maximum Gasteiger partial charge on any atom is 0.0710 e. The fraction of sp³-hybridized carbons (Fsp3) is 1.00. The van der Waals surface area contributed by atoms with Crippen molar-refractivity contribution in [3.8, 4) is 0 Å². The van der Waals surface area contributed by atoms with E-state index in [1.807, 2.05) is 7.11 Å². The highest BCUT2D eigenvalue weighted by atomic mass is 16.5. The molecule has 0 saturated carbocycles. The first-order valence-corrected chi connectivity index (χ1v) is 7.28. The zero-order valence-corrected chi connectivity index (χ0v) is 13.0. The van der Waals surface area contributed by atoms with Gasteiger partial charge in [0.15, 0.2) is 0 Å². The summed E-state index contributed by atoms with van der Waals surface area (Å²) in [4.78, 5) is 5.31. The first-order chi connectivity index (χ1) is 8.24. The van der Waals surface area contributed by atoms with Crippen LogP contribution in [0.15, 0.2) is 0 Å². The largest absolute Gasteiger partial charge is 0.380 e. The summed E-state index contributed by atoms with van der Waals surface area (Å²) >= 11 is 0. The molecule has 0 aliphatic carbocycles. The average Bonchev–Trinajstić information content (AvgIpc) is 2.80. The lowest BCUT2D eigenvalue weighted by Crippen LogP contribution is -2.50. The van der Waals surface area contributed by atoms with Gasteiger partial charge in [0.2, 0.25) is 0 Å². The number of hydrogen-bond donors (Lipinski definition) is 0. The van der Waals surface area contributed by atoms with Crippen LogP contribution < -0.4 is 0 Å². The Morgan fingerprint density at radius 3 is 2.28 bits per heavy atom. The van der Waals surface area contributed by atoms with Gasteiger partial charge in [0.1, 0.15) is 0 Å². The summed E-state index contributed by atoms with van der Waals surface area (Å²) in [5.41, 5.74) is 0.576. The lowest BCUT2D eigenvalue weighted by molar-refractivity contribution is 0.0649. The molecule has 0 aromatic rings. The first kappa shape index (κ1) is 14.3. The molecule has 3 nitrogen and oxygen atoms in total. The van der Waals surface area contributed by atoms with Crippen LogP contribution in [-0.2, 0) is 4.74 Å². The highest BCUT2D eigenvalue weighted by molar-refractivity contribution is 5.02.